The maximum absolute atomic E-state index is 5.33. The molecular weight excluding hydrogens is 130 g/mol. The van der Waals surface area contributed by atoms with Crippen LogP contribution in [0, 0.1) is 6.92 Å². The summed E-state index contributed by atoms with van der Waals surface area (Å²) >= 11 is 0.744. The van der Waals surface area contributed by atoms with E-state index in [0.717, 1.165) is 16.4 Å². The lowest BCUT2D eigenvalue weighted by Gasteiger charge is -1.91. The van der Waals surface area contributed by atoms with Crippen LogP contribution in [0.3, 0.4) is 0 Å². The van der Waals surface area contributed by atoms with Gasteiger partial charge in [0, 0.05) is 6.20 Å². The van der Waals surface area contributed by atoms with Gasteiger partial charge in [-0.15, -0.1) is 0 Å². The van der Waals surface area contributed by atoms with Crippen LogP contribution in [0.4, 0.5) is 0 Å². The van der Waals surface area contributed by atoms with Crippen LogP contribution in [-0.2, 0) is 0 Å². The maximum Gasteiger partial charge on any atom is 0.0880 e. The van der Waals surface area contributed by atoms with Gasteiger partial charge < -0.3 is 0 Å². The van der Waals surface area contributed by atoms with Crippen molar-refractivity contribution in [3.8, 4) is 0 Å². The normalized spacial score (nSPS) is 9.44. The van der Waals surface area contributed by atoms with Crippen LogP contribution >= 0.6 is 11.4 Å². The molecule has 1 nitrogen and oxygen atoms in total. The Bertz CT molecular complexity index is 220. The summed E-state index contributed by atoms with van der Waals surface area (Å²) in [5, 5.41) is 0.926. The van der Waals surface area contributed by atoms with Crippen LogP contribution in [0.25, 0.3) is 0 Å². The molecule has 0 aliphatic rings. The number of nitrogens with zero attached hydrogens (tertiary/aromatic N) is 1. The molecule has 0 unspecified atom stereocenters. The molecule has 1 aromatic heterocycles. The summed E-state index contributed by atoms with van der Waals surface area (Å²) < 4.78 is 0. The molecule has 0 aliphatic heterocycles. The second-order valence-corrected chi connectivity index (χ2v) is 2.54. The fraction of sp³-hybridized carbons (Fsp3) is 0.143. The van der Waals surface area contributed by atoms with Gasteiger partial charge >= 0.3 is 0 Å². The average Bonchev–Trinajstić information content (AvgIpc) is 1.88. The van der Waals surface area contributed by atoms with E-state index >= 15 is 0 Å². The molecular formula is C7H8NS. The van der Waals surface area contributed by atoms with E-state index in [1.807, 2.05) is 19.1 Å². The standard InChI is InChI=1S/C7H8NS/c1-6-3-4-8-7(5-6)9-2/h2-5,9H,1H3. The minimum atomic E-state index is 0.744. The SMILES string of the molecule is [CH]=[SH]c1cc(C)ccn1. The molecule has 0 spiro atoms. The van der Waals surface area contributed by atoms with Crippen LogP contribution in [0.2, 0.25) is 0 Å². The Morgan fingerprint density at radius 1 is 1.67 bits per heavy atom. The minimum Gasteiger partial charge on any atom is -0.251 e. The summed E-state index contributed by atoms with van der Waals surface area (Å²) in [6, 6.07) is 3.93. The first kappa shape index (κ1) is 6.49. The van der Waals surface area contributed by atoms with Crippen molar-refractivity contribution < 1.29 is 0 Å². The summed E-state index contributed by atoms with van der Waals surface area (Å²) in [6.07, 6.45) is 1.77. The Labute approximate surface area is 58.7 Å². The molecule has 0 saturated carbocycles. The van der Waals surface area contributed by atoms with E-state index in [4.69, 9.17) is 5.87 Å². The number of aryl methyl sites for hydroxylation is 1. The van der Waals surface area contributed by atoms with Crippen molar-refractivity contribution in [2.45, 2.75) is 11.9 Å². The van der Waals surface area contributed by atoms with E-state index < -0.39 is 0 Å². The van der Waals surface area contributed by atoms with Crippen molar-refractivity contribution in [1.82, 2.24) is 4.98 Å². The predicted molar refractivity (Wildman–Crippen MR) is 42.3 cm³/mol. The van der Waals surface area contributed by atoms with Crippen molar-refractivity contribution >= 4 is 17.2 Å². The molecule has 0 fully saturated rings. The summed E-state index contributed by atoms with van der Waals surface area (Å²) in [5.74, 6) is 5.33. The van der Waals surface area contributed by atoms with Crippen molar-refractivity contribution in [2.24, 2.45) is 0 Å². The highest BCUT2D eigenvalue weighted by atomic mass is 32.1. The first-order chi connectivity index (χ1) is 4.33. The van der Waals surface area contributed by atoms with E-state index in [0.29, 0.717) is 0 Å². The third-order valence-electron chi connectivity index (χ3n) is 1.03. The zero-order valence-corrected chi connectivity index (χ0v) is 6.10. The van der Waals surface area contributed by atoms with Crippen molar-refractivity contribution in [3.05, 3.63) is 23.9 Å². The molecule has 1 aromatic rings. The van der Waals surface area contributed by atoms with Gasteiger partial charge in [-0.05, 0) is 30.5 Å². The Hall–Kier alpha value is -0.630. The number of aromatic nitrogens is 1. The number of hydrogen-bond donors (Lipinski definition) is 1. The number of hydrogen-bond acceptors (Lipinski definition) is 1. The summed E-state index contributed by atoms with van der Waals surface area (Å²) in [6.45, 7) is 2.02. The van der Waals surface area contributed by atoms with E-state index in [1.165, 1.54) is 5.56 Å². The number of rotatable bonds is 1. The summed E-state index contributed by atoms with van der Waals surface area (Å²) in [5.41, 5.74) is 1.21. The third kappa shape index (κ3) is 1.64. The Kier molecular flexibility index (Phi) is 2.01. The number of pyridine rings is 1. The van der Waals surface area contributed by atoms with Crippen LogP contribution in [0.15, 0.2) is 23.4 Å². The molecule has 0 aliphatic carbocycles. The van der Waals surface area contributed by atoms with Gasteiger partial charge in [-0.25, -0.2) is 0 Å². The molecule has 9 heavy (non-hydrogen) atoms. The van der Waals surface area contributed by atoms with Crippen molar-refractivity contribution in [3.63, 3.8) is 0 Å². The Balaban J connectivity index is 3.07. The number of thiol groups is 1. The molecule has 2 heteroatoms. The van der Waals surface area contributed by atoms with E-state index in [-0.39, 0.29) is 0 Å². The van der Waals surface area contributed by atoms with Gasteiger partial charge in [0.05, 0.1) is 5.03 Å². The predicted octanol–water partition coefficient (Wildman–Crippen LogP) is 1.52. The quantitative estimate of drug-likeness (QED) is 0.458. The molecule has 47 valence electrons. The Morgan fingerprint density at radius 2 is 2.44 bits per heavy atom. The molecule has 1 heterocycles. The lowest BCUT2D eigenvalue weighted by Crippen LogP contribution is -1.76. The Morgan fingerprint density at radius 3 is 2.89 bits per heavy atom. The first-order valence-electron chi connectivity index (χ1n) is 2.66. The zero-order chi connectivity index (χ0) is 6.69. The molecule has 0 atom stereocenters. The maximum atomic E-state index is 5.33. The minimum absolute atomic E-state index is 0.744. The van der Waals surface area contributed by atoms with Gasteiger partial charge in [0.15, 0.2) is 0 Å². The molecule has 1 radical (unpaired) electrons. The van der Waals surface area contributed by atoms with E-state index in [9.17, 15) is 0 Å². The lowest BCUT2D eigenvalue weighted by molar-refractivity contribution is 1.12. The van der Waals surface area contributed by atoms with Crippen molar-refractivity contribution in [1.29, 1.82) is 0 Å². The molecule has 0 N–H and O–H groups in total. The highest BCUT2D eigenvalue weighted by molar-refractivity contribution is 7.96. The summed E-state index contributed by atoms with van der Waals surface area (Å²) in [4.78, 5) is 4.02. The molecule has 1 rings (SSSR count). The second-order valence-electron chi connectivity index (χ2n) is 1.82. The van der Waals surface area contributed by atoms with Gasteiger partial charge in [0.1, 0.15) is 0 Å². The average molecular weight is 138 g/mol. The highest BCUT2D eigenvalue weighted by Crippen LogP contribution is 2.05. The second kappa shape index (κ2) is 2.78. The fourth-order valence-corrected chi connectivity index (χ4v) is 1.00. The highest BCUT2D eigenvalue weighted by Gasteiger charge is 1.84. The van der Waals surface area contributed by atoms with Crippen molar-refractivity contribution in [2.75, 3.05) is 0 Å². The monoisotopic (exact) mass is 138 g/mol. The van der Waals surface area contributed by atoms with E-state index in [2.05, 4.69) is 4.98 Å². The molecule has 0 bridgehead atoms. The van der Waals surface area contributed by atoms with Crippen LogP contribution in [-0.4, -0.2) is 10.9 Å². The fourth-order valence-electron chi connectivity index (χ4n) is 0.591. The van der Waals surface area contributed by atoms with Gasteiger partial charge in [-0.2, -0.15) is 11.4 Å². The largest absolute Gasteiger partial charge is 0.251 e. The molecule has 0 saturated heterocycles. The third-order valence-corrected chi connectivity index (χ3v) is 1.54. The lowest BCUT2D eigenvalue weighted by atomic mass is 10.3. The van der Waals surface area contributed by atoms with Crippen LogP contribution in [0.1, 0.15) is 5.56 Å². The van der Waals surface area contributed by atoms with Gasteiger partial charge in [-0.3, -0.25) is 4.98 Å². The topological polar surface area (TPSA) is 12.9 Å². The van der Waals surface area contributed by atoms with Gasteiger partial charge in [0.25, 0.3) is 0 Å². The molecule has 0 amide bonds. The van der Waals surface area contributed by atoms with Crippen LogP contribution < -0.4 is 0 Å². The van der Waals surface area contributed by atoms with E-state index in [1.54, 1.807) is 6.20 Å². The zero-order valence-electron chi connectivity index (χ0n) is 5.20. The first-order valence-corrected chi connectivity index (χ1v) is 3.63. The van der Waals surface area contributed by atoms with Crippen LogP contribution in [0.5, 0.6) is 0 Å². The van der Waals surface area contributed by atoms with Gasteiger partial charge in [0.2, 0.25) is 0 Å². The molecule has 0 aromatic carbocycles. The van der Waals surface area contributed by atoms with Gasteiger partial charge in [-0.1, -0.05) is 0 Å². The summed E-state index contributed by atoms with van der Waals surface area (Å²) in [7, 11) is 0. The smallest absolute Gasteiger partial charge is 0.0880 e.